The van der Waals surface area contributed by atoms with E-state index in [2.05, 4.69) is 10.3 Å². The number of carboxylic acid groups (broad SMARTS) is 1. The van der Waals surface area contributed by atoms with Gasteiger partial charge in [0.25, 0.3) is 16.9 Å². The summed E-state index contributed by atoms with van der Waals surface area (Å²) in [4.78, 5) is 54.4. The molecule has 0 spiro atoms. The molecule has 5 rings (SSSR count). The summed E-state index contributed by atoms with van der Waals surface area (Å²) >= 11 is 1.90. The lowest BCUT2D eigenvalue weighted by Crippen LogP contribution is -2.71. The van der Waals surface area contributed by atoms with Crippen molar-refractivity contribution in [2.45, 2.75) is 36.8 Å². The van der Waals surface area contributed by atoms with Crippen molar-refractivity contribution < 1.29 is 59.8 Å². The van der Waals surface area contributed by atoms with E-state index in [0.29, 0.717) is 12.1 Å². The molecule has 2 aliphatic rings. The zero-order chi connectivity index (χ0) is 32.8. The normalized spacial score (nSPS) is 19.2. The van der Waals surface area contributed by atoms with Crippen molar-refractivity contribution >= 4 is 57.3 Å². The Balaban J connectivity index is 1.32. The van der Waals surface area contributed by atoms with Gasteiger partial charge < -0.3 is 19.6 Å². The summed E-state index contributed by atoms with van der Waals surface area (Å²) in [5.41, 5.74) is -4.20. The molecule has 238 valence electrons. The van der Waals surface area contributed by atoms with Crippen LogP contribution in [0, 0.1) is 0 Å². The minimum Gasteiger partial charge on any atom is -0.480 e. The number of alkyl halides is 6. The highest BCUT2D eigenvalue weighted by atomic mass is 32.2. The first-order chi connectivity index (χ1) is 21.1. The molecular weight excluding hydrogens is 656 g/mol. The lowest BCUT2D eigenvalue weighted by Gasteiger charge is -2.49. The van der Waals surface area contributed by atoms with Gasteiger partial charge in [0, 0.05) is 23.0 Å². The van der Waals surface area contributed by atoms with Crippen LogP contribution >= 0.6 is 23.5 Å². The van der Waals surface area contributed by atoms with Crippen LogP contribution in [-0.4, -0.2) is 66.9 Å². The number of aromatic nitrogens is 1. The van der Waals surface area contributed by atoms with Gasteiger partial charge in [-0.2, -0.15) is 26.3 Å². The zero-order valence-electron chi connectivity index (χ0n) is 22.6. The smallest absolute Gasteiger partial charge is 0.433 e. The second kappa shape index (κ2) is 12.0. The highest BCUT2D eigenvalue weighted by Crippen LogP contribution is 2.42. The number of aliphatic carboxylic acids is 1. The number of para-hydroxylation sites is 1. The van der Waals surface area contributed by atoms with E-state index in [1.54, 1.807) is 0 Å². The Labute approximate surface area is 257 Å². The Morgan fingerprint density at radius 3 is 2.53 bits per heavy atom. The summed E-state index contributed by atoms with van der Waals surface area (Å²) in [7, 11) is 0. The standard InChI is InChI=1S/C27H19F6N3O7S2/c1-11(43-16-8-17(27(31,32)33)34-18-13(16)4-2-5-14(18)26(28,29)30)21(37)35-19-22(38)36-20(24(39)40)12(9-44-23(19)36)10-45-25(41)15-6-3-7-42-15/h2-8,11,19,23H,9-10H2,1H3,(H,35,37)(H,39,40)/t11?,19-,23-/m1/s1. The highest BCUT2D eigenvalue weighted by molar-refractivity contribution is 8.14. The number of nitrogens with one attached hydrogen (secondary N) is 1. The maximum absolute atomic E-state index is 13.5. The number of furan rings is 1. The number of nitrogens with zero attached hydrogens (tertiary/aromatic N) is 2. The minimum absolute atomic E-state index is 0.0532. The molecule has 45 heavy (non-hydrogen) atoms. The molecule has 0 radical (unpaired) electrons. The summed E-state index contributed by atoms with van der Waals surface area (Å²) in [6.07, 6.45) is -10.5. The minimum atomic E-state index is -5.14. The lowest BCUT2D eigenvalue weighted by atomic mass is 10.0. The second-order valence-electron chi connectivity index (χ2n) is 9.67. The Hall–Kier alpha value is -4.19. The molecule has 1 aromatic carbocycles. The predicted octanol–water partition coefficient (Wildman–Crippen LogP) is 4.94. The monoisotopic (exact) mass is 675 g/mol. The average Bonchev–Trinajstić information content (AvgIpc) is 3.52. The summed E-state index contributed by atoms with van der Waals surface area (Å²) in [6.45, 7) is 1.12. The number of hydrogen-bond donors (Lipinski definition) is 2. The number of carbonyl (C=O) groups excluding carboxylic acids is 3. The van der Waals surface area contributed by atoms with Crippen LogP contribution in [0.15, 0.2) is 58.3 Å². The highest BCUT2D eigenvalue weighted by Gasteiger charge is 2.54. The van der Waals surface area contributed by atoms with Crippen LogP contribution in [0.25, 0.3) is 10.9 Å². The second-order valence-corrected chi connectivity index (χ2v) is 11.7. The van der Waals surface area contributed by atoms with E-state index in [0.717, 1.165) is 47.5 Å². The van der Waals surface area contributed by atoms with Gasteiger partial charge in [-0.3, -0.25) is 19.3 Å². The molecule has 1 unspecified atom stereocenters. The predicted molar refractivity (Wildman–Crippen MR) is 147 cm³/mol. The van der Waals surface area contributed by atoms with E-state index in [9.17, 15) is 50.6 Å². The van der Waals surface area contributed by atoms with Crippen molar-refractivity contribution in [2.75, 3.05) is 11.5 Å². The van der Waals surface area contributed by atoms with Gasteiger partial charge in [0.1, 0.15) is 28.6 Å². The molecule has 2 amide bonds. The van der Waals surface area contributed by atoms with E-state index in [-0.39, 0.29) is 28.5 Å². The van der Waals surface area contributed by atoms with Crippen LogP contribution in [0.5, 0.6) is 5.75 Å². The third kappa shape index (κ3) is 6.33. The van der Waals surface area contributed by atoms with Gasteiger partial charge in [-0.05, 0) is 36.8 Å². The maximum atomic E-state index is 13.5. The Bertz CT molecular complexity index is 1730. The lowest BCUT2D eigenvalue weighted by molar-refractivity contribution is -0.151. The molecule has 0 saturated carbocycles. The van der Waals surface area contributed by atoms with Gasteiger partial charge in [0.2, 0.25) is 0 Å². The SMILES string of the molecule is CC(Oc1cc(C(F)(F)F)nc2c(C(F)(F)F)cccc12)C(=O)N[C@@H]1C(=O)N2C(C(=O)O)=C(CSC(=O)c3ccco3)CS[C@H]12. The van der Waals surface area contributed by atoms with Crippen LogP contribution in [-0.2, 0) is 26.7 Å². The van der Waals surface area contributed by atoms with E-state index in [1.807, 2.05) is 0 Å². The molecule has 1 saturated heterocycles. The van der Waals surface area contributed by atoms with Gasteiger partial charge >= 0.3 is 18.3 Å². The van der Waals surface area contributed by atoms with Gasteiger partial charge in [-0.1, -0.05) is 17.8 Å². The molecule has 10 nitrogen and oxygen atoms in total. The molecule has 18 heteroatoms. The van der Waals surface area contributed by atoms with Crippen molar-refractivity contribution in [3.8, 4) is 5.75 Å². The number of rotatable bonds is 8. The van der Waals surface area contributed by atoms with Crippen molar-refractivity contribution in [2.24, 2.45) is 0 Å². The number of pyridine rings is 1. The summed E-state index contributed by atoms with van der Waals surface area (Å²) in [5, 5.41) is 10.5. The van der Waals surface area contributed by atoms with Crippen molar-refractivity contribution in [1.82, 2.24) is 15.2 Å². The number of ether oxygens (including phenoxy) is 1. The summed E-state index contributed by atoms with van der Waals surface area (Å²) in [5.74, 6) is -3.82. The Morgan fingerprint density at radius 2 is 1.91 bits per heavy atom. The molecule has 3 atom stereocenters. The zero-order valence-corrected chi connectivity index (χ0v) is 24.2. The molecule has 0 aliphatic carbocycles. The van der Waals surface area contributed by atoms with Crippen molar-refractivity contribution in [3.63, 3.8) is 0 Å². The number of β-lactam (4-membered cyclic amide) rings is 1. The van der Waals surface area contributed by atoms with Crippen LogP contribution in [0.3, 0.4) is 0 Å². The number of benzene rings is 1. The quantitative estimate of drug-likeness (QED) is 0.249. The molecule has 2 aliphatic heterocycles. The molecule has 2 N–H and O–H groups in total. The summed E-state index contributed by atoms with van der Waals surface area (Å²) < 4.78 is 91.6. The topological polar surface area (TPSA) is 139 Å². The average molecular weight is 676 g/mol. The first kappa shape index (κ1) is 32.2. The Morgan fingerprint density at radius 1 is 1.18 bits per heavy atom. The van der Waals surface area contributed by atoms with Gasteiger partial charge in [-0.15, -0.1) is 11.8 Å². The van der Waals surface area contributed by atoms with E-state index in [4.69, 9.17) is 9.15 Å². The number of amides is 2. The molecular formula is C27H19F6N3O7S2. The fraction of sp³-hybridized carbons (Fsp3) is 0.296. The third-order valence-corrected chi connectivity index (χ3v) is 9.01. The van der Waals surface area contributed by atoms with Gasteiger partial charge in [0.05, 0.1) is 17.3 Å². The van der Waals surface area contributed by atoms with Crippen LogP contribution in [0.2, 0.25) is 0 Å². The largest absolute Gasteiger partial charge is 0.480 e. The van der Waals surface area contributed by atoms with E-state index in [1.165, 1.54) is 18.4 Å². The fourth-order valence-corrected chi connectivity index (χ4v) is 6.89. The number of thioether (sulfide) groups is 2. The third-order valence-electron chi connectivity index (χ3n) is 6.72. The summed E-state index contributed by atoms with van der Waals surface area (Å²) in [6, 6.07) is 4.66. The maximum Gasteiger partial charge on any atom is 0.433 e. The first-order valence-corrected chi connectivity index (χ1v) is 14.8. The van der Waals surface area contributed by atoms with Crippen LogP contribution < -0.4 is 10.1 Å². The van der Waals surface area contributed by atoms with Crippen molar-refractivity contribution in [3.05, 3.63) is 70.9 Å². The van der Waals surface area contributed by atoms with Crippen LogP contribution in [0.4, 0.5) is 26.3 Å². The number of hydrogen-bond acceptors (Lipinski definition) is 9. The number of fused-ring (bicyclic) bond motifs is 2. The number of carbonyl (C=O) groups is 4. The van der Waals surface area contributed by atoms with E-state index >= 15 is 0 Å². The number of halogens is 6. The molecule has 1 fully saturated rings. The molecule has 3 aromatic rings. The van der Waals surface area contributed by atoms with Gasteiger partial charge in [-0.25, -0.2) is 9.78 Å². The molecule has 2 aromatic heterocycles. The van der Waals surface area contributed by atoms with Crippen molar-refractivity contribution in [1.29, 1.82) is 0 Å². The van der Waals surface area contributed by atoms with Gasteiger partial charge in [0.15, 0.2) is 11.9 Å². The van der Waals surface area contributed by atoms with Crippen LogP contribution in [0.1, 0.15) is 28.7 Å². The van der Waals surface area contributed by atoms with E-state index < -0.39 is 80.7 Å². The molecule has 0 bridgehead atoms. The number of carboxylic acids is 1. The Kier molecular flexibility index (Phi) is 8.56. The first-order valence-electron chi connectivity index (χ1n) is 12.7. The molecule has 4 heterocycles. The fourth-order valence-electron chi connectivity index (χ4n) is 4.62.